The summed E-state index contributed by atoms with van der Waals surface area (Å²) in [4.78, 5) is 4.16. The fourth-order valence-electron chi connectivity index (χ4n) is 1.79. The Morgan fingerprint density at radius 3 is 2.95 bits per heavy atom. The van der Waals surface area contributed by atoms with Crippen LogP contribution in [0.3, 0.4) is 0 Å². The molecule has 1 aromatic heterocycles. The number of hydrogen-bond acceptors (Lipinski definition) is 5. The minimum atomic E-state index is -0.397. The number of ether oxygens (including phenoxy) is 1. The average Bonchev–Trinajstić information content (AvgIpc) is 2.86. The molecule has 0 bridgehead atoms. The number of halogens is 1. The summed E-state index contributed by atoms with van der Waals surface area (Å²) >= 11 is 0. The Hall–Kier alpha value is -1.95. The van der Waals surface area contributed by atoms with E-state index < -0.39 is 5.82 Å². The Kier molecular flexibility index (Phi) is 5.06. The number of nitrogens with one attached hydrogen (secondary N) is 1. The summed E-state index contributed by atoms with van der Waals surface area (Å²) in [6.07, 6.45) is 1.71. The fourth-order valence-corrected chi connectivity index (χ4v) is 1.79. The van der Waals surface area contributed by atoms with Gasteiger partial charge in [0.05, 0.1) is 0 Å². The highest BCUT2D eigenvalue weighted by molar-refractivity contribution is 5.29. The molecule has 1 aromatic carbocycles. The smallest absolute Gasteiger partial charge is 0.264 e. The third-order valence-electron chi connectivity index (χ3n) is 2.71. The van der Waals surface area contributed by atoms with E-state index in [2.05, 4.69) is 15.5 Å². The minimum absolute atomic E-state index is 0.0685. The van der Waals surface area contributed by atoms with Gasteiger partial charge in [-0.2, -0.15) is 4.98 Å². The van der Waals surface area contributed by atoms with Crippen molar-refractivity contribution >= 4 is 0 Å². The summed E-state index contributed by atoms with van der Waals surface area (Å²) in [7, 11) is 1.81. The number of hydrogen-bond donors (Lipinski definition) is 1. The summed E-state index contributed by atoms with van der Waals surface area (Å²) in [5.74, 6) is 0.786. The molecule has 0 saturated carbocycles. The highest BCUT2D eigenvalue weighted by Crippen LogP contribution is 2.19. The van der Waals surface area contributed by atoms with Crippen LogP contribution in [0.1, 0.15) is 30.6 Å². The molecule has 0 aliphatic heterocycles. The predicted molar refractivity (Wildman–Crippen MR) is 71.8 cm³/mol. The van der Waals surface area contributed by atoms with Gasteiger partial charge in [0.15, 0.2) is 24.0 Å². The first kappa shape index (κ1) is 14.5. The Bertz CT molecular complexity index is 557. The number of nitrogens with zero attached hydrogens (tertiary/aromatic N) is 2. The van der Waals surface area contributed by atoms with E-state index in [4.69, 9.17) is 9.26 Å². The maximum atomic E-state index is 13.8. The number of aryl methyl sites for hydroxylation is 1. The molecule has 6 heteroatoms. The molecule has 0 aliphatic carbocycles. The van der Waals surface area contributed by atoms with Crippen molar-refractivity contribution in [3.05, 3.63) is 41.3 Å². The normalized spacial score (nSPS) is 10.8. The minimum Gasteiger partial charge on any atom is -0.481 e. The second-order valence-electron chi connectivity index (χ2n) is 4.44. The van der Waals surface area contributed by atoms with Gasteiger partial charge in [-0.15, -0.1) is 0 Å². The van der Waals surface area contributed by atoms with E-state index in [1.54, 1.807) is 6.07 Å². The first-order chi connectivity index (χ1) is 9.72. The lowest BCUT2D eigenvalue weighted by Crippen LogP contribution is -2.05. The van der Waals surface area contributed by atoms with E-state index in [0.29, 0.717) is 18.3 Å². The molecule has 0 amide bonds. The van der Waals surface area contributed by atoms with Crippen molar-refractivity contribution in [1.82, 2.24) is 15.5 Å². The molecular formula is C14H18FN3O2. The SMILES string of the molecule is CCCc1noc(COc2ccc(CNC)cc2F)n1. The van der Waals surface area contributed by atoms with Crippen molar-refractivity contribution < 1.29 is 13.7 Å². The molecular weight excluding hydrogens is 261 g/mol. The molecule has 20 heavy (non-hydrogen) atoms. The second kappa shape index (κ2) is 7.00. The van der Waals surface area contributed by atoms with Crippen molar-refractivity contribution in [2.45, 2.75) is 32.9 Å². The van der Waals surface area contributed by atoms with Gasteiger partial charge < -0.3 is 14.6 Å². The molecule has 0 atom stereocenters. The molecule has 5 nitrogen and oxygen atoms in total. The molecule has 1 N–H and O–H groups in total. The number of benzene rings is 1. The van der Waals surface area contributed by atoms with Crippen LogP contribution in [-0.2, 0) is 19.6 Å². The first-order valence-corrected chi connectivity index (χ1v) is 6.60. The van der Waals surface area contributed by atoms with Gasteiger partial charge in [0.25, 0.3) is 5.89 Å². The van der Waals surface area contributed by atoms with Gasteiger partial charge in [0.2, 0.25) is 0 Å². The van der Waals surface area contributed by atoms with Crippen molar-refractivity contribution in [2.24, 2.45) is 0 Å². The van der Waals surface area contributed by atoms with Gasteiger partial charge in [-0.3, -0.25) is 0 Å². The van der Waals surface area contributed by atoms with Crippen LogP contribution in [0.4, 0.5) is 4.39 Å². The first-order valence-electron chi connectivity index (χ1n) is 6.60. The second-order valence-corrected chi connectivity index (χ2v) is 4.44. The van der Waals surface area contributed by atoms with Gasteiger partial charge >= 0.3 is 0 Å². The maximum Gasteiger partial charge on any atom is 0.264 e. The van der Waals surface area contributed by atoms with E-state index in [-0.39, 0.29) is 12.4 Å². The van der Waals surface area contributed by atoms with Crippen LogP contribution in [0.15, 0.2) is 22.7 Å². The molecule has 0 radical (unpaired) electrons. The zero-order valence-electron chi connectivity index (χ0n) is 11.6. The zero-order chi connectivity index (χ0) is 14.4. The highest BCUT2D eigenvalue weighted by Gasteiger charge is 2.09. The van der Waals surface area contributed by atoms with Crippen LogP contribution >= 0.6 is 0 Å². The monoisotopic (exact) mass is 279 g/mol. The van der Waals surface area contributed by atoms with E-state index in [1.165, 1.54) is 6.07 Å². The predicted octanol–water partition coefficient (Wildman–Crippen LogP) is 2.46. The Labute approximate surface area is 117 Å². The van der Waals surface area contributed by atoms with E-state index in [9.17, 15) is 4.39 Å². The molecule has 0 fully saturated rings. The average molecular weight is 279 g/mol. The number of rotatable bonds is 7. The summed E-state index contributed by atoms with van der Waals surface area (Å²) < 4.78 is 24.2. The zero-order valence-corrected chi connectivity index (χ0v) is 11.6. The van der Waals surface area contributed by atoms with Gasteiger partial charge in [0.1, 0.15) is 0 Å². The Balaban J connectivity index is 1.95. The molecule has 0 unspecified atom stereocenters. The van der Waals surface area contributed by atoms with Gasteiger partial charge in [-0.1, -0.05) is 18.1 Å². The van der Waals surface area contributed by atoms with Crippen molar-refractivity contribution in [1.29, 1.82) is 0 Å². The lowest BCUT2D eigenvalue weighted by atomic mass is 10.2. The van der Waals surface area contributed by atoms with Crippen LogP contribution in [0.5, 0.6) is 5.75 Å². The quantitative estimate of drug-likeness (QED) is 0.843. The third kappa shape index (κ3) is 3.77. The maximum absolute atomic E-state index is 13.8. The van der Waals surface area contributed by atoms with E-state index in [1.807, 2.05) is 20.0 Å². The van der Waals surface area contributed by atoms with Crippen molar-refractivity contribution in [2.75, 3.05) is 7.05 Å². The Morgan fingerprint density at radius 1 is 1.40 bits per heavy atom. The standard InChI is InChI=1S/C14H18FN3O2/c1-3-4-13-17-14(20-18-13)9-19-12-6-5-10(8-16-2)7-11(12)15/h5-7,16H,3-4,8-9H2,1-2H3. The van der Waals surface area contributed by atoms with Crippen LogP contribution in [-0.4, -0.2) is 17.2 Å². The molecule has 2 aromatic rings. The van der Waals surface area contributed by atoms with Crippen LogP contribution in [0, 0.1) is 5.82 Å². The largest absolute Gasteiger partial charge is 0.481 e. The van der Waals surface area contributed by atoms with E-state index >= 15 is 0 Å². The lowest BCUT2D eigenvalue weighted by molar-refractivity contribution is 0.234. The Morgan fingerprint density at radius 2 is 2.25 bits per heavy atom. The molecule has 0 aliphatic rings. The summed E-state index contributed by atoms with van der Waals surface area (Å²) in [5, 5.41) is 6.77. The number of aromatic nitrogens is 2. The van der Waals surface area contributed by atoms with Crippen LogP contribution in [0.2, 0.25) is 0 Å². The van der Waals surface area contributed by atoms with Crippen molar-refractivity contribution in [3.63, 3.8) is 0 Å². The molecule has 0 spiro atoms. The lowest BCUT2D eigenvalue weighted by Gasteiger charge is -2.06. The highest BCUT2D eigenvalue weighted by atomic mass is 19.1. The van der Waals surface area contributed by atoms with E-state index in [0.717, 1.165) is 18.4 Å². The van der Waals surface area contributed by atoms with Crippen molar-refractivity contribution in [3.8, 4) is 5.75 Å². The molecule has 2 rings (SSSR count). The molecule has 1 heterocycles. The molecule has 108 valence electrons. The van der Waals surface area contributed by atoms with Crippen LogP contribution < -0.4 is 10.1 Å². The molecule has 0 saturated heterocycles. The fraction of sp³-hybridized carbons (Fsp3) is 0.429. The van der Waals surface area contributed by atoms with Gasteiger partial charge in [-0.05, 0) is 31.2 Å². The third-order valence-corrected chi connectivity index (χ3v) is 2.71. The van der Waals surface area contributed by atoms with Gasteiger partial charge in [-0.25, -0.2) is 4.39 Å². The summed E-state index contributed by atoms with van der Waals surface area (Å²) in [5.41, 5.74) is 0.861. The topological polar surface area (TPSA) is 60.2 Å². The summed E-state index contributed by atoms with van der Waals surface area (Å²) in [6.45, 7) is 2.72. The van der Waals surface area contributed by atoms with Gasteiger partial charge in [0, 0.05) is 13.0 Å². The summed E-state index contributed by atoms with van der Waals surface area (Å²) in [6, 6.07) is 4.86. The van der Waals surface area contributed by atoms with Crippen LogP contribution in [0.25, 0.3) is 0 Å².